The summed E-state index contributed by atoms with van der Waals surface area (Å²) in [6.45, 7) is 0.358. The SMILES string of the molecule is O=C(NCCc1ccc(F)cc1)c1cc(Nc2ccc(F)cc2F)ccn1. The average molecular weight is 371 g/mol. The smallest absolute Gasteiger partial charge is 0.269 e. The van der Waals surface area contributed by atoms with Crippen LogP contribution in [-0.2, 0) is 6.42 Å². The highest BCUT2D eigenvalue weighted by Gasteiger charge is 2.09. The van der Waals surface area contributed by atoms with Crippen molar-refractivity contribution in [3.8, 4) is 0 Å². The maximum absolute atomic E-state index is 13.7. The van der Waals surface area contributed by atoms with E-state index in [2.05, 4.69) is 15.6 Å². The van der Waals surface area contributed by atoms with Crippen LogP contribution in [0.2, 0.25) is 0 Å². The molecule has 0 fully saturated rings. The van der Waals surface area contributed by atoms with Gasteiger partial charge in [0.2, 0.25) is 0 Å². The Bertz CT molecular complexity index is 945. The summed E-state index contributed by atoms with van der Waals surface area (Å²) in [4.78, 5) is 16.2. The molecule has 0 radical (unpaired) electrons. The minimum Gasteiger partial charge on any atom is -0.353 e. The lowest BCUT2D eigenvalue weighted by molar-refractivity contribution is 0.0949. The quantitative estimate of drug-likeness (QED) is 0.682. The first kappa shape index (κ1) is 18.4. The third kappa shape index (κ3) is 5.07. The van der Waals surface area contributed by atoms with E-state index in [1.807, 2.05) is 0 Å². The molecule has 0 aliphatic carbocycles. The molecular formula is C20H16F3N3O. The van der Waals surface area contributed by atoms with Crippen LogP contribution in [0.5, 0.6) is 0 Å². The predicted octanol–water partition coefficient (Wildman–Crippen LogP) is 4.22. The molecule has 0 spiro atoms. The van der Waals surface area contributed by atoms with Crippen LogP contribution in [0.3, 0.4) is 0 Å². The number of nitrogens with zero attached hydrogens (tertiary/aromatic N) is 1. The van der Waals surface area contributed by atoms with Gasteiger partial charge >= 0.3 is 0 Å². The molecule has 1 heterocycles. The number of halogens is 3. The lowest BCUT2D eigenvalue weighted by Crippen LogP contribution is -2.26. The summed E-state index contributed by atoms with van der Waals surface area (Å²) < 4.78 is 39.6. The van der Waals surface area contributed by atoms with E-state index in [4.69, 9.17) is 0 Å². The van der Waals surface area contributed by atoms with Crippen LogP contribution in [-0.4, -0.2) is 17.4 Å². The molecule has 27 heavy (non-hydrogen) atoms. The van der Waals surface area contributed by atoms with Gasteiger partial charge in [-0.25, -0.2) is 13.2 Å². The number of hydrogen-bond acceptors (Lipinski definition) is 3. The van der Waals surface area contributed by atoms with Crippen LogP contribution < -0.4 is 10.6 Å². The summed E-state index contributed by atoms with van der Waals surface area (Å²) in [5.74, 6) is -2.11. The highest BCUT2D eigenvalue weighted by molar-refractivity contribution is 5.93. The topological polar surface area (TPSA) is 54.0 Å². The number of aromatic nitrogens is 1. The molecule has 0 atom stereocenters. The third-order valence-corrected chi connectivity index (χ3v) is 3.82. The van der Waals surface area contributed by atoms with Gasteiger partial charge < -0.3 is 10.6 Å². The van der Waals surface area contributed by atoms with Gasteiger partial charge in [0.15, 0.2) is 0 Å². The number of hydrogen-bond donors (Lipinski definition) is 2. The Morgan fingerprint density at radius 2 is 1.67 bits per heavy atom. The second-order valence-electron chi connectivity index (χ2n) is 5.81. The number of amides is 1. The monoisotopic (exact) mass is 371 g/mol. The van der Waals surface area contributed by atoms with E-state index in [0.717, 1.165) is 17.7 Å². The molecule has 0 aliphatic rings. The zero-order valence-corrected chi connectivity index (χ0v) is 14.2. The van der Waals surface area contributed by atoms with E-state index in [1.54, 1.807) is 18.2 Å². The molecule has 4 nitrogen and oxygen atoms in total. The van der Waals surface area contributed by atoms with Crippen LogP contribution >= 0.6 is 0 Å². The van der Waals surface area contributed by atoms with Crippen LogP contribution in [0.25, 0.3) is 0 Å². The van der Waals surface area contributed by atoms with Crippen LogP contribution in [0, 0.1) is 17.5 Å². The minimum absolute atomic E-state index is 0.0882. The molecule has 3 aromatic rings. The number of pyridine rings is 1. The van der Waals surface area contributed by atoms with E-state index in [1.165, 1.54) is 30.5 Å². The number of rotatable bonds is 6. The molecule has 0 unspecified atom stereocenters. The Morgan fingerprint density at radius 1 is 0.926 bits per heavy atom. The zero-order valence-electron chi connectivity index (χ0n) is 14.2. The molecule has 2 aromatic carbocycles. The van der Waals surface area contributed by atoms with Crippen LogP contribution in [0.15, 0.2) is 60.8 Å². The Morgan fingerprint density at radius 3 is 2.41 bits per heavy atom. The summed E-state index contributed by atoms with van der Waals surface area (Å²) >= 11 is 0. The van der Waals surface area contributed by atoms with Gasteiger partial charge in [0, 0.05) is 24.5 Å². The summed E-state index contributed by atoms with van der Waals surface area (Å²) in [5.41, 5.74) is 1.58. The molecule has 0 saturated heterocycles. The third-order valence-electron chi connectivity index (χ3n) is 3.82. The van der Waals surface area contributed by atoms with Crippen molar-refractivity contribution in [1.29, 1.82) is 0 Å². The van der Waals surface area contributed by atoms with Crippen molar-refractivity contribution in [2.24, 2.45) is 0 Å². The fraction of sp³-hybridized carbons (Fsp3) is 0.100. The molecule has 1 amide bonds. The van der Waals surface area contributed by atoms with Crippen molar-refractivity contribution >= 4 is 17.3 Å². The Hall–Kier alpha value is -3.35. The molecule has 3 rings (SSSR count). The fourth-order valence-corrected chi connectivity index (χ4v) is 2.44. The van der Waals surface area contributed by atoms with E-state index in [9.17, 15) is 18.0 Å². The fourth-order valence-electron chi connectivity index (χ4n) is 2.44. The standard InChI is InChI=1S/C20H16F3N3O/c21-14-3-1-13(2-4-14)7-9-25-20(27)19-12-16(8-10-24-19)26-18-6-5-15(22)11-17(18)23/h1-6,8,10-12H,7,9H2,(H,24,26)(H,25,27). The van der Waals surface area contributed by atoms with Crippen molar-refractivity contribution in [1.82, 2.24) is 10.3 Å². The van der Waals surface area contributed by atoms with Crippen molar-refractivity contribution in [2.45, 2.75) is 6.42 Å². The number of anilines is 2. The van der Waals surface area contributed by atoms with Crippen molar-refractivity contribution < 1.29 is 18.0 Å². The normalized spacial score (nSPS) is 10.5. The Balaban J connectivity index is 1.60. The minimum atomic E-state index is -0.739. The van der Waals surface area contributed by atoms with Gasteiger partial charge in [0.25, 0.3) is 5.91 Å². The van der Waals surface area contributed by atoms with E-state index >= 15 is 0 Å². The highest BCUT2D eigenvalue weighted by atomic mass is 19.1. The van der Waals surface area contributed by atoms with Gasteiger partial charge in [-0.3, -0.25) is 9.78 Å². The van der Waals surface area contributed by atoms with Gasteiger partial charge in [-0.2, -0.15) is 0 Å². The summed E-state index contributed by atoms with van der Waals surface area (Å²) in [6, 6.07) is 12.2. The van der Waals surface area contributed by atoms with Crippen molar-refractivity contribution in [2.75, 3.05) is 11.9 Å². The molecule has 2 N–H and O–H groups in total. The summed E-state index contributed by atoms with van der Waals surface area (Å²) in [7, 11) is 0. The molecule has 138 valence electrons. The largest absolute Gasteiger partial charge is 0.353 e. The maximum Gasteiger partial charge on any atom is 0.269 e. The first-order valence-electron chi connectivity index (χ1n) is 8.22. The average Bonchev–Trinajstić information content (AvgIpc) is 2.66. The number of benzene rings is 2. The molecule has 1 aromatic heterocycles. The molecule has 0 bridgehead atoms. The zero-order chi connectivity index (χ0) is 19.2. The van der Waals surface area contributed by atoms with E-state index in [-0.39, 0.29) is 23.1 Å². The first-order valence-corrected chi connectivity index (χ1v) is 8.22. The molecule has 0 saturated carbocycles. The lowest BCUT2D eigenvalue weighted by Gasteiger charge is -2.09. The molecule has 7 heteroatoms. The molecule has 0 aliphatic heterocycles. The lowest BCUT2D eigenvalue weighted by atomic mass is 10.1. The van der Waals surface area contributed by atoms with Gasteiger partial charge in [-0.15, -0.1) is 0 Å². The summed E-state index contributed by atoms with van der Waals surface area (Å²) in [6.07, 6.45) is 1.96. The first-order chi connectivity index (χ1) is 13.0. The van der Waals surface area contributed by atoms with Gasteiger partial charge in [-0.1, -0.05) is 12.1 Å². The number of carbonyl (C=O) groups is 1. The maximum atomic E-state index is 13.7. The second-order valence-corrected chi connectivity index (χ2v) is 5.81. The Kier molecular flexibility index (Phi) is 5.71. The van der Waals surface area contributed by atoms with Gasteiger partial charge in [-0.05, 0) is 48.4 Å². The number of carbonyl (C=O) groups excluding carboxylic acids is 1. The van der Waals surface area contributed by atoms with E-state index < -0.39 is 11.6 Å². The Labute approximate surface area is 154 Å². The number of nitrogens with one attached hydrogen (secondary N) is 2. The van der Waals surface area contributed by atoms with Gasteiger partial charge in [0.05, 0.1) is 5.69 Å². The summed E-state index contributed by atoms with van der Waals surface area (Å²) in [5, 5.41) is 5.51. The van der Waals surface area contributed by atoms with E-state index in [0.29, 0.717) is 18.7 Å². The molecular weight excluding hydrogens is 355 g/mol. The van der Waals surface area contributed by atoms with Gasteiger partial charge in [0.1, 0.15) is 23.1 Å². The van der Waals surface area contributed by atoms with Crippen LogP contribution in [0.4, 0.5) is 24.5 Å². The predicted molar refractivity (Wildman–Crippen MR) is 96.3 cm³/mol. The van der Waals surface area contributed by atoms with Crippen molar-refractivity contribution in [3.05, 3.63) is 89.5 Å². The van der Waals surface area contributed by atoms with Crippen LogP contribution in [0.1, 0.15) is 16.1 Å². The van der Waals surface area contributed by atoms with Crippen molar-refractivity contribution in [3.63, 3.8) is 0 Å². The highest BCUT2D eigenvalue weighted by Crippen LogP contribution is 2.20. The second kappa shape index (κ2) is 8.35.